The van der Waals surface area contributed by atoms with E-state index in [0.717, 1.165) is 10.4 Å². The van der Waals surface area contributed by atoms with Gasteiger partial charge in [-0.15, -0.1) is 0 Å². The third-order valence-corrected chi connectivity index (χ3v) is 4.70. The van der Waals surface area contributed by atoms with Crippen LogP contribution in [0.1, 0.15) is 52.1 Å². The molecule has 18 heavy (non-hydrogen) atoms. The second-order valence-corrected chi connectivity index (χ2v) is 7.51. The van der Waals surface area contributed by atoms with Crippen molar-refractivity contribution in [2.75, 3.05) is 0 Å². The Kier molecular flexibility index (Phi) is 4.18. The Morgan fingerprint density at radius 2 is 1.83 bits per heavy atom. The third kappa shape index (κ3) is 3.36. The van der Waals surface area contributed by atoms with Gasteiger partial charge in [0.25, 0.3) is 0 Å². The molecule has 0 aromatic heterocycles. The molecule has 1 aromatic carbocycles. The summed E-state index contributed by atoms with van der Waals surface area (Å²) < 4.78 is 1.15. The minimum atomic E-state index is 0.430. The highest BCUT2D eigenvalue weighted by Gasteiger charge is 2.36. The lowest BCUT2D eigenvalue weighted by Crippen LogP contribution is -2.33. The van der Waals surface area contributed by atoms with Crippen LogP contribution in [0.5, 0.6) is 0 Å². The predicted molar refractivity (Wildman–Crippen MR) is 81.7 cm³/mol. The number of rotatable bonds is 3. The summed E-state index contributed by atoms with van der Waals surface area (Å²) in [6.07, 6.45) is 2.62. The van der Waals surface area contributed by atoms with E-state index in [-0.39, 0.29) is 0 Å². The Bertz CT molecular complexity index is 396. The third-order valence-electron chi connectivity index (χ3n) is 4.17. The van der Waals surface area contributed by atoms with Crippen molar-refractivity contribution in [3.8, 4) is 0 Å². The van der Waals surface area contributed by atoms with Crippen LogP contribution < -0.4 is 5.32 Å². The van der Waals surface area contributed by atoms with Crippen LogP contribution in [-0.4, -0.2) is 6.04 Å². The van der Waals surface area contributed by atoms with Gasteiger partial charge in [-0.1, -0.05) is 48.8 Å². The fraction of sp³-hybridized carbons (Fsp3) is 0.625. The average molecular weight is 310 g/mol. The molecule has 0 heterocycles. The summed E-state index contributed by atoms with van der Waals surface area (Å²) in [6.45, 7) is 9.41. The lowest BCUT2D eigenvalue weighted by Gasteiger charge is -2.24. The van der Waals surface area contributed by atoms with Crippen molar-refractivity contribution in [3.63, 3.8) is 0 Å². The maximum Gasteiger partial charge on any atom is 0.0294 e. The number of benzene rings is 1. The topological polar surface area (TPSA) is 12.0 Å². The van der Waals surface area contributed by atoms with Crippen molar-refractivity contribution in [3.05, 3.63) is 34.3 Å². The first-order valence-corrected chi connectivity index (χ1v) is 7.68. The Morgan fingerprint density at radius 3 is 2.33 bits per heavy atom. The van der Waals surface area contributed by atoms with Crippen LogP contribution in [0.2, 0.25) is 0 Å². The van der Waals surface area contributed by atoms with Crippen molar-refractivity contribution in [2.45, 2.75) is 52.6 Å². The molecule has 0 aliphatic heterocycles. The molecule has 0 amide bonds. The maximum absolute atomic E-state index is 3.80. The lowest BCUT2D eigenvalue weighted by molar-refractivity contribution is 0.356. The van der Waals surface area contributed by atoms with Crippen LogP contribution >= 0.6 is 15.9 Å². The monoisotopic (exact) mass is 309 g/mol. The molecule has 3 atom stereocenters. The second-order valence-electron chi connectivity index (χ2n) is 6.60. The Labute approximate surface area is 119 Å². The molecule has 0 spiro atoms. The van der Waals surface area contributed by atoms with Crippen molar-refractivity contribution in [1.29, 1.82) is 0 Å². The molecule has 1 N–H and O–H groups in total. The van der Waals surface area contributed by atoms with Crippen LogP contribution in [0.25, 0.3) is 0 Å². The van der Waals surface area contributed by atoms with E-state index in [1.807, 2.05) is 0 Å². The molecule has 0 radical (unpaired) electrons. The van der Waals surface area contributed by atoms with E-state index >= 15 is 0 Å². The van der Waals surface area contributed by atoms with Crippen molar-refractivity contribution >= 4 is 15.9 Å². The Balaban J connectivity index is 1.99. The van der Waals surface area contributed by atoms with Crippen molar-refractivity contribution in [2.24, 2.45) is 11.3 Å². The van der Waals surface area contributed by atoms with Gasteiger partial charge in [-0.2, -0.15) is 0 Å². The number of nitrogens with one attached hydrogen (secondary N) is 1. The zero-order valence-electron chi connectivity index (χ0n) is 11.8. The van der Waals surface area contributed by atoms with Gasteiger partial charge in [0.2, 0.25) is 0 Å². The van der Waals surface area contributed by atoms with E-state index in [1.54, 1.807) is 0 Å². The fourth-order valence-corrected chi connectivity index (χ4v) is 3.55. The van der Waals surface area contributed by atoms with E-state index in [4.69, 9.17) is 0 Å². The summed E-state index contributed by atoms with van der Waals surface area (Å²) in [7, 11) is 0. The predicted octanol–water partition coefficient (Wildman–Crippen LogP) is 4.92. The minimum Gasteiger partial charge on any atom is -0.307 e. The summed E-state index contributed by atoms with van der Waals surface area (Å²) in [5.41, 5.74) is 1.87. The Hall–Kier alpha value is -0.340. The van der Waals surface area contributed by atoms with E-state index in [9.17, 15) is 0 Å². The van der Waals surface area contributed by atoms with E-state index in [2.05, 4.69) is 73.2 Å². The van der Waals surface area contributed by atoms with Gasteiger partial charge in [0.15, 0.2) is 0 Å². The molecule has 2 heteroatoms. The van der Waals surface area contributed by atoms with Crippen molar-refractivity contribution in [1.82, 2.24) is 5.32 Å². The fourth-order valence-electron chi connectivity index (χ4n) is 3.29. The molecule has 100 valence electrons. The van der Waals surface area contributed by atoms with Gasteiger partial charge in [0.05, 0.1) is 0 Å². The number of hydrogen-bond donors (Lipinski definition) is 1. The summed E-state index contributed by atoms with van der Waals surface area (Å²) >= 11 is 3.49. The van der Waals surface area contributed by atoms with E-state index in [1.165, 1.54) is 18.4 Å². The van der Waals surface area contributed by atoms with Crippen LogP contribution in [0.4, 0.5) is 0 Å². The van der Waals surface area contributed by atoms with Crippen LogP contribution in [0.3, 0.4) is 0 Å². The summed E-state index contributed by atoms with van der Waals surface area (Å²) in [6, 6.07) is 9.72. The summed E-state index contributed by atoms with van der Waals surface area (Å²) in [5, 5.41) is 3.80. The lowest BCUT2D eigenvalue weighted by atomic mass is 9.91. The SMILES string of the molecule is CC(NC1CC(C)(C)CC1C)c1ccc(Br)cc1. The first-order valence-electron chi connectivity index (χ1n) is 6.89. The van der Waals surface area contributed by atoms with Crippen LogP contribution in [0.15, 0.2) is 28.7 Å². The zero-order valence-corrected chi connectivity index (χ0v) is 13.4. The van der Waals surface area contributed by atoms with E-state index in [0.29, 0.717) is 17.5 Å². The van der Waals surface area contributed by atoms with Gasteiger partial charge in [-0.25, -0.2) is 0 Å². The van der Waals surface area contributed by atoms with E-state index < -0.39 is 0 Å². The normalized spacial score (nSPS) is 28.3. The minimum absolute atomic E-state index is 0.430. The smallest absolute Gasteiger partial charge is 0.0294 e. The molecule has 1 aliphatic rings. The number of hydrogen-bond acceptors (Lipinski definition) is 1. The largest absolute Gasteiger partial charge is 0.307 e. The zero-order chi connectivity index (χ0) is 13.3. The first-order chi connectivity index (χ1) is 8.37. The summed E-state index contributed by atoms with van der Waals surface area (Å²) in [4.78, 5) is 0. The average Bonchev–Trinajstić information content (AvgIpc) is 2.52. The molecular weight excluding hydrogens is 286 g/mol. The molecule has 2 rings (SSSR count). The Morgan fingerprint density at radius 1 is 1.22 bits per heavy atom. The molecule has 0 bridgehead atoms. The molecular formula is C16H24BrN. The highest BCUT2D eigenvalue weighted by atomic mass is 79.9. The molecule has 1 saturated carbocycles. The van der Waals surface area contributed by atoms with Gasteiger partial charge < -0.3 is 5.32 Å². The highest BCUT2D eigenvalue weighted by Crippen LogP contribution is 2.41. The van der Waals surface area contributed by atoms with Crippen molar-refractivity contribution < 1.29 is 0 Å². The molecule has 3 unspecified atom stereocenters. The first kappa shape index (κ1) is 14.1. The molecule has 0 saturated heterocycles. The highest BCUT2D eigenvalue weighted by molar-refractivity contribution is 9.10. The van der Waals surface area contributed by atoms with Gasteiger partial charge in [-0.3, -0.25) is 0 Å². The maximum atomic E-state index is 3.80. The van der Waals surface area contributed by atoms with Crippen LogP contribution in [0, 0.1) is 11.3 Å². The molecule has 1 aromatic rings. The quantitative estimate of drug-likeness (QED) is 0.835. The number of halogens is 1. The molecule has 1 aliphatic carbocycles. The molecule has 1 nitrogen and oxygen atoms in total. The van der Waals surface area contributed by atoms with Gasteiger partial charge in [0.1, 0.15) is 0 Å². The molecule has 1 fully saturated rings. The van der Waals surface area contributed by atoms with Crippen LogP contribution in [-0.2, 0) is 0 Å². The summed E-state index contributed by atoms with van der Waals surface area (Å²) in [5.74, 6) is 0.776. The van der Waals surface area contributed by atoms with Gasteiger partial charge in [-0.05, 0) is 48.8 Å². The van der Waals surface area contributed by atoms with Gasteiger partial charge in [0, 0.05) is 16.6 Å². The second kappa shape index (κ2) is 5.34. The van der Waals surface area contributed by atoms with Gasteiger partial charge >= 0.3 is 0 Å². The standard InChI is InChI=1S/C16H24BrN/c1-11-9-16(3,4)10-15(11)18-12(2)13-5-7-14(17)8-6-13/h5-8,11-12,15,18H,9-10H2,1-4H3.